The number of ether oxygens (including phenoxy) is 2. The lowest BCUT2D eigenvalue weighted by molar-refractivity contribution is -0.179. The van der Waals surface area contributed by atoms with Gasteiger partial charge in [0.2, 0.25) is 0 Å². The van der Waals surface area contributed by atoms with E-state index in [1.54, 1.807) is 31.2 Å². The summed E-state index contributed by atoms with van der Waals surface area (Å²) < 4.78 is 10.3. The van der Waals surface area contributed by atoms with Crippen molar-refractivity contribution in [1.82, 2.24) is 0 Å². The summed E-state index contributed by atoms with van der Waals surface area (Å²) in [5.74, 6) is 0.660. The van der Waals surface area contributed by atoms with Crippen LogP contribution in [0.4, 0.5) is 5.69 Å². The molecule has 2 unspecified atom stereocenters. The van der Waals surface area contributed by atoms with Gasteiger partial charge in [-0.1, -0.05) is 0 Å². The molecule has 1 aromatic rings. The molecular weight excluding hydrogens is 182 g/mol. The summed E-state index contributed by atoms with van der Waals surface area (Å²) in [5.41, 5.74) is 6.19. The summed E-state index contributed by atoms with van der Waals surface area (Å²) in [7, 11) is 0. The minimum atomic E-state index is -0.834. The molecule has 3 N–H and O–H groups in total. The molecule has 0 aliphatic carbocycles. The SMILES string of the molecule is CC(O)OC(C)Oc1ccc(N)cc1. The maximum atomic E-state index is 8.92. The predicted octanol–water partition coefficient (Wildman–Crippen LogP) is 1.35. The maximum absolute atomic E-state index is 8.92. The van der Waals surface area contributed by atoms with E-state index in [9.17, 15) is 0 Å². The largest absolute Gasteiger partial charge is 0.465 e. The summed E-state index contributed by atoms with van der Waals surface area (Å²) in [6.45, 7) is 3.24. The normalized spacial score (nSPS) is 14.8. The maximum Gasteiger partial charge on any atom is 0.199 e. The molecule has 0 heterocycles. The molecule has 0 amide bonds. The molecule has 14 heavy (non-hydrogen) atoms. The number of hydrogen-bond donors (Lipinski definition) is 2. The molecule has 2 atom stereocenters. The van der Waals surface area contributed by atoms with Crippen molar-refractivity contribution in [3.05, 3.63) is 24.3 Å². The van der Waals surface area contributed by atoms with Crippen LogP contribution in [0, 0.1) is 0 Å². The summed E-state index contributed by atoms with van der Waals surface area (Å²) >= 11 is 0. The predicted molar refractivity (Wildman–Crippen MR) is 53.7 cm³/mol. The Morgan fingerprint density at radius 3 is 2.29 bits per heavy atom. The number of benzene rings is 1. The molecule has 78 valence electrons. The number of aliphatic hydroxyl groups is 1. The topological polar surface area (TPSA) is 64.7 Å². The molecule has 0 aromatic heterocycles. The summed E-state index contributed by atoms with van der Waals surface area (Å²) in [6, 6.07) is 6.98. The van der Waals surface area contributed by atoms with Crippen molar-refractivity contribution in [2.24, 2.45) is 0 Å². The van der Waals surface area contributed by atoms with E-state index in [0.29, 0.717) is 11.4 Å². The van der Waals surface area contributed by atoms with Gasteiger partial charge in [0.05, 0.1) is 0 Å². The Morgan fingerprint density at radius 2 is 1.79 bits per heavy atom. The van der Waals surface area contributed by atoms with Crippen LogP contribution in [0.5, 0.6) is 5.75 Å². The highest BCUT2D eigenvalue weighted by molar-refractivity contribution is 5.41. The van der Waals surface area contributed by atoms with Gasteiger partial charge in [0.15, 0.2) is 12.6 Å². The third-order valence-corrected chi connectivity index (χ3v) is 1.57. The summed E-state index contributed by atoms with van der Waals surface area (Å²) in [6.07, 6.45) is -1.32. The fourth-order valence-electron chi connectivity index (χ4n) is 1.04. The molecule has 4 heteroatoms. The fourth-order valence-corrected chi connectivity index (χ4v) is 1.04. The van der Waals surface area contributed by atoms with Gasteiger partial charge in [0.1, 0.15) is 5.75 Å². The zero-order chi connectivity index (χ0) is 10.6. The quantitative estimate of drug-likeness (QED) is 0.565. The van der Waals surface area contributed by atoms with E-state index >= 15 is 0 Å². The van der Waals surface area contributed by atoms with Gasteiger partial charge in [-0.25, -0.2) is 0 Å². The molecule has 0 aliphatic heterocycles. The van der Waals surface area contributed by atoms with Gasteiger partial charge >= 0.3 is 0 Å². The van der Waals surface area contributed by atoms with Crippen molar-refractivity contribution in [3.8, 4) is 5.75 Å². The fraction of sp³-hybridized carbons (Fsp3) is 0.400. The average Bonchev–Trinajstić information content (AvgIpc) is 2.07. The van der Waals surface area contributed by atoms with Crippen molar-refractivity contribution >= 4 is 5.69 Å². The molecule has 1 rings (SSSR count). The van der Waals surface area contributed by atoms with Crippen LogP contribution in [-0.2, 0) is 4.74 Å². The van der Waals surface area contributed by atoms with E-state index in [1.807, 2.05) is 0 Å². The zero-order valence-electron chi connectivity index (χ0n) is 8.31. The second kappa shape index (κ2) is 4.83. The van der Waals surface area contributed by atoms with Crippen molar-refractivity contribution in [3.63, 3.8) is 0 Å². The van der Waals surface area contributed by atoms with Gasteiger partial charge in [0, 0.05) is 5.69 Å². The van der Waals surface area contributed by atoms with Gasteiger partial charge in [-0.15, -0.1) is 0 Å². The van der Waals surface area contributed by atoms with Crippen LogP contribution >= 0.6 is 0 Å². The second-order valence-corrected chi connectivity index (χ2v) is 2.99. The molecule has 0 spiro atoms. The van der Waals surface area contributed by atoms with Crippen LogP contribution in [0.2, 0.25) is 0 Å². The van der Waals surface area contributed by atoms with Crippen molar-refractivity contribution in [2.45, 2.75) is 26.4 Å². The Kier molecular flexibility index (Phi) is 3.73. The zero-order valence-corrected chi connectivity index (χ0v) is 8.31. The Labute approximate surface area is 83.3 Å². The first-order valence-corrected chi connectivity index (χ1v) is 4.43. The molecule has 0 fully saturated rings. The molecule has 0 aliphatic rings. The van der Waals surface area contributed by atoms with Crippen LogP contribution in [0.1, 0.15) is 13.8 Å². The standard InChI is InChI=1S/C10H15NO3/c1-7(12)13-8(2)14-10-5-3-9(11)4-6-10/h3-8,12H,11H2,1-2H3. The summed E-state index contributed by atoms with van der Waals surface area (Å²) in [4.78, 5) is 0. The number of aliphatic hydroxyl groups excluding tert-OH is 1. The van der Waals surface area contributed by atoms with Gasteiger partial charge in [-0.2, -0.15) is 0 Å². The Hall–Kier alpha value is -1.26. The van der Waals surface area contributed by atoms with Crippen LogP contribution in [0.3, 0.4) is 0 Å². The Morgan fingerprint density at radius 1 is 1.21 bits per heavy atom. The monoisotopic (exact) mass is 197 g/mol. The molecule has 0 bridgehead atoms. The Balaban J connectivity index is 2.47. The lowest BCUT2D eigenvalue weighted by atomic mass is 10.3. The highest BCUT2D eigenvalue weighted by Gasteiger charge is 2.06. The first-order valence-electron chi connectivity index (χ1n) is 4.43. The molecule has 0 radical (unpaired) electrons. The second-order valence-electron chi connectivity index (χ2n) is 2.99. The van der Waals surface area contributed by atoms with E-state index in [1.165, 1.54) is 6.92 Å². The van der Waals surface area contributed by atoms with Crippen molar-refractivity contribution in [1.29, 1.82) is 0 Å². The average molecular weight is 197 g/mol. The van der Waals surface area contributed by atoms with E-state index in [0.717, 1.165) is 0 Å². The van der Waals surface area contributed by atoms with Crippen LogP contribution in [-0.4, -0.2) is 17.7 Å². The third kappa shape index (κ3) is 3.64. The van der Waals surface area contributed by atoms with Crippen LogP contribution in [0.15, 0.2) is 24.3 Å². The van der Waals surface area contributed by atoms with Crippen LogP contribution in [0.25, 0.3) is 0 Å². The Bertz CT molecular complexity index is 271. The molecule has 0 saturated heterocycles. The van der Waals surface area contributed by atoms with Gasteiger partial charge < -0.3 is 20.3 Å². The van der Waals surface area contributed by atoms with E-state index < -0.39 is 12.6 Å². The van der Waals surface area contributed by atoms with E-state index in [4.69, 9.17) is 20.3 Å². The third-order valence-electron chi connectivity index (χ3n) is 1.57. The number of rotatable bonds is 4. The van der Waals surface area contributed by atoms with E-state index in [2.05, 4.69) is 0 Å². The first kappa shape index (κ1) is 10.8. The number of hydrogen-bond acceptors (Lipinski definition) is 4. The molecule has 1 aromatic carbocycles. The van der Waals surface area contributed by atoms with Crippen molar-refractivity contribution in [2.75, 3.05) is 5.73 Å². The number of anilines is 1. The lowest BCUT2D eigenvalue weighted by Gasteiger charge is -2.16. The summed E-state index contributed by atoms with van der Waals surface area (Å²) in [5, 5.41) is 8.92. The minimum Gasteiger partial charge on any atom is -0.465 e. The van der Waals surface area contributed by atoms with Crippen LogP contribution < -0.4 is 10.5 Å². The van der Waals surface area contributed by atoms with Gasteiger partial charge in [-0.05, 0) is 38.1 Å². The highest BCUT2D eigenvalue weighted by Crippen LogP contribution is 2.15. The smallest absolute Gasteiger partial charge is 0.199 e. The molecule has 4 nitrogen and oxygen atoms in total. The van der Waals surface area contributed by atoms with E-state index in [-0.39, 0.29) is 0 Å². The number of nitrogen functional groups attached to an aromatic ring is 1. The van der Waals surface area contributed by atoms with Crippen molar-refractivity contribution < 1.29 is 14.6 Å². The van der Waals surface area contributed by atoms with Gasteiger partial charge in [-0.3, -0.25) is 0 Å². The molecule has 0 saturated carbocycles. The van der Waals surface area contributed by atoms with Gasteiger partial charge in [0.25, 0.3) is 0 Å². The first-order chi connectivity index (χ1) is 6.58. The number of nitrogens with two attached hydrogens (primary N) is 1. The molecular formula is C10H15NO3. The highest BCUT2D eigenvalue weighted by atomic mass is 16.7. The lowest BCUT2D eigenvalue weighted by Crippen LogP contribution is -2.21. The minimum absolute atomic E-state index is 0.487.